The molecule has 1 aromatic heterocycles. The number of rotatable bonds is 2. The molecule has 0 spiro atoms. The molecule has 0 aromatic carbocycles. The molecule has 0 atom stereocenters. The van der Waals surface area contributed by atoms with E-state index < -0.39 is 5.92 Å². The first-order chi connectivity index (χ1) is 7.55. The third kappa shape index (κ3) is 3.09. The second-order valence-corrected chi connectivity index (χ2v) is 4.33. The van der Waals surface area contributed by atoms with Gasteiger partial charge in [-0.15, -0.1) is 0 Å². The van der Waals surface area contributed by atoms with Crippen molar-refractivity contribution in [2.24, 2.45) is 0 Å². The van der Waals surface area contributed by atoms with Crippen molar-refractivity contribution in [3.8, 4) is 0 Å². The Morgan fingerprint density at radius 1 is 1.25 bits per heavy atom. The van der Waals surface area contributed by atoms with Crippen LogP contribution in [0.4, 0.5) is 8.78 Å². The van der Waals surface area contributed by atoms with E-state index in [0.29, 0.717) is 19.6 Å². The van der Waals surface area contributed by atoms with Crippen molar-refractivity contribution in [1.82, 2.24) is 14.9 Å². The van der Waals surface area contributed by atoms with Crippen LogP contribution in [-0.4, -0.2) is 33.9 Å². The quantitative estimate of drug-likeness (QED) is 0.752. The van der Waals surface area contributed by atoms with Crippen LogP contribution in [0.5, 0.6) is 0 Å². The van der Waals surface area contributed by atoms with E-state index in [1.165, 1.54) is 0 Å². The molecule has 0 N–H and O–H groups in total. The Kier molecular flexibility index (Phi) is 3.35. The first-order valence-corrected chi connectivity index (χ1v) is 5.50. The molecule has 88 valence electrons. The first kappa shape index (κ1) is 11.7. The number of hydrogen-bond donors (Lipinski definition) is 0. The molecule has 0 aliphatic carbocycles. The Hall–Kier alpha value is -0.810. The van der Waals surface area contributed by atoms with Crippen molar-refractivity contribution < 1.29 is 8.78 Å². The Morgan fingerprint density at radius 3 is 2.38 bits per heavy atom. The van der Waals surface area contributed by atoms with Crippen LogP contribution in [0.3, 0.4) is 0 Å². The predicted octanol–water partition coefficient (Wildman–Crippen LogP) is 2.36. The van der Waals surface area contributed by atoms with Gasteiger partial charge >= 0.3 is 0 Å². The lowest BCUT2D eigenvalue weighted by Gasteiger charge is -2.31. The molecule has 1 aliphatic heterocycles. The molecule has 2 rings (SSSR count). The molecule has 1 aliphatic rings. The van der Waals surface area contributed by atoms with E-state index in [4.69, 9.17) is 11.6 Å². The second-order valence-electron chi connectivity index (χ2n) is 3.99. The fraction of sp³-hybridized carbons (Fsp3) is 0.600. The number of aromatic nitrogens is 2. The molecular weight excluding hydrogens is 236 g/mol. The zero-order valence-electron chi connectivity index (χ0n) is 8.67. The number of alkyl halides is 2. The molecule has 0 saturated carbocycles. The van der Waals surface area contributed by atoms with E-state index >= 15 is 0 Å². The SMILES string of the molecule is FC1(F)CCN(Cc2cnc(Cl)nc2)CC1. The van der Waals surface area contributed by atoms with E-state index in [1.807, 2.05) is 4.90 Å². The Labute approximate surface area is 97.4 Å². The number of nitrogens with zero attached hydrogens (tertiary/aromatic N) is 3. The summed E-state index contributed by atoms with van der Waals surface area (Å²) in [6.45, 7) is 1.43. The van der Waals surface area contributed by atoms with Crippen LogP contribution in [0.1, 0.15) is 18.4 Å². The fourth-order valence-corrected chi connectivity index (χ4v) is 1.81. The monoisotopic (exact) mass is 247 g/mol. The zero-order chi connectivity index (χ0) is 11.6. The Bertz CT molecular complexity index is 346. The maximum atomic E-state index is 12.9. The summed E-state index contributed by atoms with van der Waals surface area (Å²) in [4.78, 5) is 9.68. The van der Waals surface area contributed by atoms with Crippen LogP contribution < -0.4 is 0 Å². The average Bonchev–Trinajstić information content (AvgIpc) is 2.24. The third-order valence-corrected chi connectivity index (χ3v) is 2.86. The summed E-state index contributed by atoms with van der Waals surface area (Å²) in [5.74, 6) is -2.49. The van der Waals surface area contributed by atoms with Crippen LogP contribution in [0.25, 0.3) is 0 Å². The highest BCUT2D eigenvalue weighted by Gasteiger charge is 2.33. The van der Waals surface area contributed by atoms with E-state index in [1.54, 1.807) is 12.4 Å². The maximum absolute atomic E-state index is 12.9. The molecule has 0 radical (unpaired) electrons. The molecule has 0 bridgehead atoms. The molecule has 1 fully saturated rings. The molecule has 0 amide bonds. The average molecular weight is 248 g/mol. The van der Waals surface area contributed by atoms with Crippen molar-refractivity contribution in [2.45, 2.75) is 25.3 Å². The molecule has 3 nitrogen and oxygen atoms in total. The van der Waals surface area contributed by atoms with Gasteiger partial charge in [0.1, 0.15) is 0 Å². The molecule has 2 heterocycles. The Balaban J connectivity index is 1.89. The van der Waals surface area contributed by atoms with Gasteiger partial charge in [0.2, 0.25) is 5.28 Å². The van der Waals surface area contributed by atoms with Gasteiger partial charge in [-0.3, -0.25) is 4.90 Å². The molecule has 6 heteroatoms. The lowest BCUT2D eigenvalue weighted by atomic mass is 10.1. The van der Waals surface area contributed by atoms with Gasteiger partial charge in [0.25, 0.3) is 5.92 Å². The van der Waals surface area contributed by atoms with Crippen molar-refractivity contribution in [3.63, 3.8) is 0 Å². The summed E-state index contributed by atoms with van der Waals surface area (Å²) in [6, 6.07) is 0. The van der Waals surface area contributed by atoms with Crippen LogP contribution in [0.15, 0.2) is 12.4 Å². The fourth-order valence-electron chi connectivity index (χ4n) is 1.72. The van der Waals surface area contributed by atoms with Gasteiger partial charge in [0, 0.05) is 50.4 Å². The summed E-state index contributed by atoms with van der Waals surface area (Å²) in [7, 11) is 0. The highest BCUT2D eigenvalue weighted by molar-refractivity contribution is 6.28. The number of piperidine rings is 1. The van der Waals surface area contributed by atoms with E-state index in [0.717, 1.165) is 5.56 Å². The van der Waals surface area contributed by atoms with Gasteiger partial charge in [-0.25, -0.2) is 18.7 Å². The van der Waals surface area contributed by atoms with Crippen molar-refractivity contribution in [2.75, 3.05) is 13.1 Å². The van der Waals surface area contributed by atoms with Crippen molar-refractivity contribution in [1.29, 1.82) is 0 Å². The smallest absolute Gasteiger partial charge is 0.250 e. The molecular formula is C10H12ClF2N3. The van der Waals surface area contributed by atoms with Crippen LogP contribution in [0, 0.1) is 0 Å². The summed E-state index contributed by atoms with van der Waals surface area (Å²) in [5.41, 5.74) is 0.898. The topological polar surface area (TPSA) is 29.0 Å². The molecule has 0 unspecified atom stereocenters. The summed E-state index contributed by atoms with van der Waals surface area (Å²) in [6.07, 6.45) is 3.12. The molecule has 1 saturated heterocycles. The zero-order valence-corrected chi connectivity index (χ0v) is 9.42. The van der Waals surface area contributed by atoms with Gasteiger partial charge in [-0.1, -0.05) is 0 Å². The van der Waals surface area contributed by atoms with Crippen LogP contribution in [0.2, 0.25) is 5.28 Å². The maximum Gasteiger partial charge on any atom is 0.250 e. The summed E-state index contributed by atoms with van der Waals surface area (Å²) in [5, 5.41) is 0.203. The third-order valence-electron chi connectivity index (χ3n) is 2.67. The van der Waals surface area contributed by atoms with Gasteiger partial charge < -0.3 is 0 Å². The van der Waals surface area contributed by atoms with Gasteiger partial charge in [0.15, 0.2) is 0 Å². The lowest BCUT2D eigenvalue weighted by Crippen LogP contribution is -2.38. The highest BCUT2D eigenvalue weighted by atomic mass is 35.5. The minimum absolute atomic E-state index is 0.0680. The highest BCUT2D eigenvalue weighted by Crippen LogP contribution is 2.28. The van der Waals surface area contributed by atoms with E-state index in [2.05, 4.69) is 9.97 Å². The first-order valence-electron chi connectivity index (χ1n) is 5.12. The van der Waals surface area contributed by atoms with Gasteiger partial charge in [0.05, 0.1) is 0 Å². The Morgan fingerprint density at radius 2 is 1.81 bits per heavy atom. The predicted molar refractivity (Wildman–Crippen MR) is 56.5 cm³/mol. The molecule has 1 aromatic rings. The lowest BCUT2D eigenvalue weighted by molar-refractivity contribution is -0.0566. The number of likely N-dealkylation sites (tertiary alicyclic amines) is 1. The molecule has 16 heavy (non-hydrogen) atoms. The van der Waals surface area contributed by atoms with Gasteiger partial charge in [-0.2, -0.15) is 0 Å². The second kappa shape index (κ2) is 4.59. The standard InChI is InChI=1S/C10H12ClF2N3/c11-9-14-5-8(6-15-9)7-16-3-1-10(12,13)2-4-16/h5-6H,1-4,7H2. The number of halogens is 3. The van der Waals surface area contributed by atoms with Gasteiger partial charge in [-0.05, 0) is 11.6 Å². The normalized spacial score (nSPS) is 20.9. The van der Waals surface area contributed by atoms with Crippen LogP contribution >= 0.6 is 11.6 Å². The van der Waals surface area contributed by atoms with E-state index in [-0.39, 0.29) is 18.1 Å². The van der Waals surface area contributed by atoms with Crippen molar-refractivity contribution >= 4 is 11.6 Å². The summed E-state index contributed by atoms with van der Waals surface area (Å²) < 4.78 is 25.8. The van der Waals surface area contributed by atoms with E-state index in [9.17, 15) is 8.78 Å². The van der Waals surface area contributed by atoms with Crippen LogP contribution in [-0.2, 0) is 6.54 Å². The largest absolute Gasteiger partial charge is 0.299 e. The minimum Gasteiger partial charge on any atom is -0.299 e. The van der Waals surface area contributed by atoms with Crippen molar-refractivity contribution in [3.05, 3.63) is 23.2 Å². The number of hydrogen-bond acceptors (Lipinski definition) is 3. The minimum atomic E-state index is -2.49. The summed E-state index contributed by atoms with van der Waals surface area (Å²) >= 11 is 5.56.